The molecule has 1 aliphatic rings. The number of hydrogen-bond donors (Lipinski definition) is 0. The molecule has 106 valence electrons. The fourth-order valence-corrected chi connectivity index (χ4v) is 2.34. The van der Waals surface area contributed by atoms with Gasteiger partial charge in [0.1, 0.15) is 0 Å². The van der Waals surface area contributed by atoms with E-state index in [4.69, 9.17) is 4.11 Å². The molecule has 2 aromatic rings. The van der Waals surface area contributed by atoms with Gasteiger partial charge in [0.05, 0.1) is 4.11 Å². The highest BCUT2D eigenvalue weighted by Crippen LogP contribution is 2.22. The van der Waals surface area contributed by atoms with Gasteiger partial charge in [-0.05, 0) is 29.2 Å². The van der Waals surface area contributed by atoms with Crippen molar-refractivity contribution in [2.45, 2.75) is 12.8 Å². The molecule has 1 heterocycles. The van der Waals surface area contributed by atoms with Crippen LogP contribution >= 0.6 is 0 Å². The topological polar surface area (TPSA) is 20.3 Å². The predicted octanol–water partition coefficient (Wildman–Crippen LogP) is 3.85. The fourth-order valence-electron chi connectivity index (χ4n) is 2.34. The first-order chi connectivity index (χ1) is 11.5. The number of likely N-dealkylation sites (tertiary alicyclic amines) is 1. The Balaban J connectivity index is 2.18. The molecule has 1 amide bonds. The second-order valence-electron chi connectivity index (χ2n) is 4.99. The number of amides is 1. The van der Waals surface area contributed by atoms with E-state index in [1.165, 1.54) is 4.90 Å². The summed E-state index contributed by atoms with van der Waals surface area (Å²) in [5.74, 6) is -0.200. The molecule has 0 atom stereocenters. The highest BCUT2D eigenvalue weighted by Gasteiger charge is 2.21. The number of rotatable bonds is 4. The Bertz CT molecular complexity index is 757. The average molecular weight is 280 g/mol. The molecular weight excluding hydrogens is 258 g/mol. The number of nitrogens with zero attached hydrogens (tertiary/aromatic N) is 1. The van der Waals surface area contributed by atoms with Gasteiger partial charge in [0.25, 0.3) is 0 Å². The van der Waals surface area contributed by atoms with E-state index in [2.05, 4.69) is 0 Å². The molecule has 0 aliphatic carbocycles. The summed E-state index contributed by atoms with van der Waals surface area (Å²) in [6.45, 7) is -1.65. The summed E-state index contributed by atoms with van der Waals surface area (Å²) in [6.07, 6.45) is 1.01. The summed E-state index contributed by atoms with van der Waals surface area (Å²) in [6, 6.07) is 18.2. The number of carbonyl (C=O) groups is 1. The zero-order valence-corrected chi connectivity index (χ0v) is 11.8. The minimum Gasteiger partial charge on any atom is -0.338 e. The normalized spacial score (nSPS) is 18.8. The van der Waals surface area contributed by atoms with Crippen LogP contribution in [-0.4, -0.2) is 23.8 Å². The van der Waals surface area contributed by atoms with Gasteiger partial charge < -0.3 is 4.90 Å². The average Bonchev–Trinajstić information content (AvgIpc) is 3.03. The molecule has 0 aromatic heterocycles. The molecule has 0 bridgehead atoms. The first kappa shape index (κ1) is 10.4. The summed E-state index contributed by atoms with van der Waals surface area (Å²) >= 11 is 0. The predicted molar refractivity (Wildman–Crippen MR) is 86.6 cm³/mol. The Morgan fingerprint density at radius 3 is 2.43 bits per heavy atom. The van der Waals surface area contributed by atoms with E-state index in [1.54, 1.807) is 24.3 Å². The van der Waals surface area contributed by atoms with Gasteiger partial charge in [0.15, 0.2) is 0 Å². The van der Waals surface area contributed by atoms with Crippen LogP contribution in [-0.2, 0) is 4.79 Å². The van der Waals surface area contributed by atoms with E-state index < -0.39 is 6.50 Å². The highest BCUT2D eigenvalue weighted by atomic mass is 16.2. The van der Waals surface area contributed by atoms with Gasteiger partial charge in [-0.15, -0.1) is 0 Å². The lowest BCUT2D eigenvalue weighted by atomic mass is 10.0. The molecule has 0 N–H and O–H groups in total. The summed E-state index contributed by atoms with van der Waals surface area (Å²) in [7, 11) is 0. The first-order valence-corrected chi connectivity index (χ1v) is 7.14. The van der Waals surface area contributed by atoms with Crippen LogP contribution in [0, 0.1) is 0 Å². The Hall–Kier alpha value is -2.35. The van der Waals surface area contributed by atoms with Crippen LogP contribution in [0.1, 0.15) is 28.1 Å². The van der Waals surface area contributed by atoms with Crippen molar-refractivity contribution in [3.05, 3.63) is 71.8 Å². The molecule has 0 spiro atoms. The molecule has 0 saturated carbocycles. The third kappa shape index (κ3) is 3.40. The molecule has 1 saturated heterocycles. The van der Waals surface area contributed by atoms with Crippen molar-refractivity contribution in [3.63, 3.8) is 0 Å². The van der Waals surface area contributed by atoms with Gasteiger partial charge in [-0.1, -0.05) is 60.7 Å². The molecular formula is C19H19NO. The Morgan fingerprint density at radius 2 is 1.81 bits per heavy atom. The molecule has 1 aliphatic heterocycles. The van der Waals surface area contributed by atoms with Gasteiger partial charge >= 0.3 is 0 Å². The molecule has 2 nitrogen and oxygen atoms in total. The molecule has 0 radical (unpaired) electrons. The molecule has 2 heteroatoms. The van der Waals surface area contributed by atoms with Crippen molar-refractivity contribution < 1.29 is 8.91 Å². The number of hydrogen-bond acceptors (Lipinski definition) is 1. The zero-order chi connectivity index (χ0) is 17.2. The second-order valence-corrected chi connectivity index (χ2v) is 4.99. The van der Waals surface area contributed by atoms with Crippen molar-refractivity contribution in [1.82, 2.24) is 4.90 Å². The molecule has 1 fully saturated rings. The molecule has 21 heavy (non-hydrogen) atoms. The highest BCUT2D eigenvalue weighted by molar-refractivity contribution is 5.86. The SMILES string of the molecule is [2H]/C(=C(/c1ccccc1)C([2H])([2H])N1CCCC1=O)c1ccccc1. The van der Waals surface area contributed by atoms with Crippen LogP contribution in [0.3, 0.4) is 0 Å². The summed E-state index contributed by atoms with van der Waals surface area (Å²) in [5.41, 5.74) is 1.48. The van der Waals surface area contributed by atoms with Crippen LogP contribution in [0.5, 0.6) is 0 Å². The smallest absolute Gasteiger partial charge is 0.222 e. The van der Waals surface area contributed by atoms with Gasteiger partial charge in [-0.2, -0.15) is 0 Å². The number of carbonyl (C=O) groups excluding carboxylic acids is 1. The van der Waals surface area contributed by atoms with Crippen LogP contribution in [0.15, 0.2) is 60.7 Å². The van der Waals surface area contributed by atoms with Crippen molar-refractivity contribution in [2.75, 3.05) is 13.0 Å². The minimum absolute atomic E-state index is 0.103. The van der Waals surface area contributed by atoms with E-state index in [0.29, 0.717) is 30.5 Å². The Morgan fingerprint density at radius 1 is 1.14 bits per heavy atom. The third-order valence-electron chi connectivity index (χ3n) is 3.43. The Kier molecular flexibility index (Phi) is 3.17. The summed E-state index contributed by atoms with van der Waals surface area (Å²) < 4.78 is 25.8. The third-order valence-corrected chi connectivity index (χ3v) is 3.43. The van der Waals surface area contributed by atoms with E-state index in [-0.39, 0.29) is 17.5 Å². The quantitative estimate of drug-likeness (QED) is 0.779. The van der Waals surface area contributed by atoms with E-state index in [9.17, 15) is 4.79 Å². The molecule has 0 unspecified atom stereocenters. The van der Waals surface area contributed by atoms with Crippen molar-refractivity contribution in [3.8, 4) is 0 Å². The van der Waals surface area contributed by atoms with Crippen molar-refractivity contribution >= 4 is 17.5 Å². The van der Waals surface area contributed by atoms with Crippen molar-refractivity contribution in [2.24, 2.45) is 0 Å². The monoisotopic (exact) mass is 280 g/mol. The largest absolute Gasteiger partial charge is 0.338 e. The number of benzene rings is 2. The maximum absolute atomic E-state index is 12.1. The van der Waals surface area contributed by atoms with Gasteiger partial charge in [0, 0.05) is 19.5 Å². The van der Waals surface area contributed by atoms with Crippen LogP contribution in [0.4, 0.5) is 0 Å². The Labute approximate surface area is 129 Å². The van der Waals surface area contributed by atoms with E-state index in [0.717, 1.165) is 0 Å². The van der Waals surface area contributed by atoms with Crippen LogP contribution in [0.2, 0.25) is 0 Å². The van der Waals surface area contributed by atoms with Crippen molar-refractivity contribution in [1.29, 1.82) is 0 Å². The van der Waals surface area contributed by atoms with Gasteiger partial charge in [-0.3, -0.25) is 4.79 Å². The lowest BCUT2D eigenvalue weighted by Gasteiger charge is -2.18. The van der Waals surface area contributed by atoms with Gasteiger partial charge in [0.2, 0.25) is 5.91 Å². The lowest BCUT2D eigenvalue weighted by molar-refractivity contribution is -0.127. The molecule has 3 rings (SSSR count). The molecule has 2 aromatic carbocycles. The van der Waals surface area contributed by atoms with E-state index in [1.807, 2.05) is 36.4 Å². The lowest BCUT2D eigenvalue weighted by Crippen LogP contribution is -2.26. The van der Waals surface area contributed by atoms with Crippen LogP contribution in [0.25, 0.3) is 11.6 Å². The second kappa shape index (κ2) is 6.40. The summed E-state index contributed by atoms with van der Waals surface area (Å²) in [4.78, 5) is 13.4. The minimum atomic E-state index is -2.03. The zero-order valence-electron chi connectivity index (χ0n) is 14.8. The van der Waals surface area contributed by atoms with Crippen LogP contribution < -0.4 is 0 Å². The maximum atomic E-state index is 12.1. The first-order valence-electron chi connectivity index (χ1n) is 8.64. The maximum Gasteiger partial charge on any atom is 0.222 e. The fraction of sp³-hybridized carbons (Fsp3) is 0.211. The van der Waals surface area contributed by atoms with E-state index >= 15 is 0 Å². The standard InChI is InChI=1S/C19H19NO/c21-19-12-7-13-20(19)15-18(17-10-5-2-6-11-17)14-16-8-3-1-4-9-16/h1-6,8-11,14H,7,12-13,15H2/b18-14-/i14D,15D2. The summed E-state index contributed by atoms with van der Waals surface area (Å²) in [5, 5.41) is 0. The van der Waals surface area contributed by atoms with Gasteiger partial charge in [-0.25, -0.2) is 0 Å².